The zero-order chi connectivity index (χ0) is 13.0. The number of hydrogen-bond acceptors (Lipinski definition) is 4. The number of rotatable bonds is 4. The second-order valence-electron chi connectivity index (χ2n) is 4.02. The lowest BCUT2D eigenvalue weighted by Crippen LogP contribution is -2.27. The summed E-state index contributed by atoms with van der Waals surface area (Å²) in [6.45, 7) is 2.48. The molecule has 0 bridgehead atoms. The number of nitrogens with zero attached hydrogens (tertiary/aromatic N) is 3. The highest BCUT2D eigenvalue weighted by molar-refractivity contribution is 5.75. The fourth-order valence-electron chi connectivity index (χ4n) is 1.56. The predicted molar refractivity (Wildman–Crippen MR) is 67.5 cm³/mol. The summed E-state index contributed by atoms with van der Waals surface area (Å²) in [5.41, 5.74) is 7.82. The molecule has 2 heterocycles. The van der Waals surface area contributed by atoms with Crippen molar-refractivity contribution in [2.24, 2.45) is 0 Å². The topological polar surface area (TPSA) is 85.8 Å². The molecule has 0 fully saturated rings. The molecule has 94 valence electrons. The van der Waals surface area contributed by atoms with Crippen molar-refractivity contribution in [1.29, 1.82) is 0 Å². The van der Waals surface area contributed by atoms with Gasteiger partial charge in [-0.15, -0.1) is 0 Å². The predicted octanol–water partition coefficient (Wildman–Crippen LogP) is 0.485. The first-order valence-electron chi connectivity index (χ1n) is 5.60. The molecule has 18 heavy (non-hydrogen) atoms. The second kappa shape index (κ2) is 5.31. The minimum atomic E-state index is -0.124. The molecule has 0 saturated heterocycles. The van der Waals surface area contributed by atoms with Gasteiger partial charge in [0, 0.05) is 11.9 Å². The standard InChI is InChI=1S/C12H15N5O/c1-9-3-2-4-11(16-9)6-14-12(18)8-17-7-10(13)5-15-17/h2-5,7H,6,8,13H2,1H3,(H,14,18). The molecular weight excluding hydrogens is 230 g/mol. The molecule has 0 aliphatic rings. The molecule has 2 aromatic rings. The Morgan fingerprint density at radius 3 is 3.00 bits per heavy atom. The van der Waals surface area contributed by atoms with Gasteiger partial charge in [0.25, 0.3) is 0 Å². The van der Waals surface area contributed by atoms with Crippen LogP contribution in [-0.2, 0) is 17.9 Å². The van der Waals surface area contributed by atoms with Crippen LogP contribution in [0.15, 0.2) is 30.6 Å². The van der Waals surface area contributed by atoms with Crippen molar-refractivity contribution in [3.8, 4) is 0 Å². The van der Waals surface area contributed by atoms with Crippen molar-refractivity contribution < 1.29 is 4.79 Å². The molecule has 0 radical (unpaired) electrons. The average Bonchev–Trinajstić information content (AvgIpc) is 2.72. The molecular formula is C12H15N5O. The first-order valence-corrected chi connectivity index (χ1v) is 5.60. The van der Waals surface area contributed by atoms with E-state index in [0.717, 1.165) is 11.4 Å². The van der Waals surface area contributed by atoms with Gasteiger partial charge in [0.2, 0.25) is 5.91 Å². The number of anilines is 1. The van der Waals surface area contributed by atoms with Crippen LogP contribution in [0.3, 0.4) is 0 Å². The van der Waals surface area contributed by atoms with Gasteiger partial charge in [-0.05, 0) is 19.1 Å². The molecule has 0 saturated carbocycles. The summed E-state index contributed by atoms with van der Waals surface area (Å²) in [7, 11) is 0. The van der Waals surface area contributed by atoms with E-state index in [1.54, 1.807) is 6.20 Å². The zero-order valence-corrected chi connectivity index (χ0v) is 10.1. The highest BCUT2D eigenvalue weighted by Crippen LogP contribution is 1.99. The van der Waals surface area contributed by atoms with Crippen molar-refractivity contribution in [2.75, 3.05) is 5.73 Å². The minimum absolute atomic E-state index is 0.124. The maximum Gasteiger partial charge on any atom is 0.242 e. The molecule has 1 amide bonds. The Morgan fingerprint density at radius 2 is 2.33 bits per heavy atom. The Kier molecular flexibility index (Phi) is 3.57. The summed E-state index contributed by atoms with van der Waals surface area (Å²) in [5.74, 6) is -0.124. The van der Waals surface area contributed by atoms with E-state index in [2.05, 4.69) is 15.4 Å². The third kappa shape index (κ3) is 3.31. The van der Waals surface area contributed by atoms with Crippen LogP contribution in [0.4, 0.5) is 5.69 Å². The second-order valence-corrected chi connectivity index (χ2v) is 4.02. The van der Waals surface area contributed by atoms with Crippen molar-refractivity contribution >= 4 is 11.6 Å². The number of nitrogen functional groups attached to an aromatic ring is 1. The molecule has 6 heteroatoms. The molecule has 0 aliphatic carbocycles. The van der Waals surface area contributed by atoms with Gasteiger partial charge in [0.1, 0.15) is 6.54 Å². The van der Waals surface area contributed by atoms with Crippen LogP contribution in [0.2, 0.25) is 0 Å². The van der Waals surface area contributed by atoms with Crippen molar-refractivity contribution in [2.45, 2.75) is 20.0 Å². The minimum Gasteiger partial charge on any atom is -0.396 e. The quantitative estimate of drug-likeness (QED) is 0.820. The third-order valence-electron chi connectivity index (χ3n) is 2.37. The molecule has 3 N–H and O–H groups in total. The van der Waals surface area contributed by atoms with Crippen LogP contribution in [0.25, 0.3) is 0 Å². The lowest BCUT2D eigenvalue weighted by molar-refractivity contribution is -0.122. The summed E-state index contributed by atoms with van der Waals surface area (Å²) >= 11 is 0. The molecule has 0 atom stereocenters. The number of hydrogen-bond donors (Lipinski definition) is 2. The fourth-order valence-corrected chi connectivity index (χ4v) is 1.56. The SMILES string of the molecule is Cc1cccc(CNC(=O)Cn2cc(N)cn2)n1. The highest BCUT2D eigenvalue weighted by Gasteiger charge is 2.04. The number of nitrogens with one attached hydrogen (secondary N) is 1. The van der Waals surface area contributed by atoms with Crippen LogP contribution < -0.4 is 11.1 Å². The van der Waals surface area contributed by atoms with Gasteiger partial charge in [-0.25, -0.2) is 0 Å². The van der Waals surface area contributed by atoms with Gasteiger partial charge < -0.3 is 11.1 Å². The van der Waals surface area contributed by atoms with E-state index in [-0.39, 0.29) is 12.5 Å². The van der Waals surface area contributed by atoms with E-state index in [1.165, 1.54) is 10.9 Å². The van der Waals surface area contributed by atoms with Crippen LogP contribution >= 0.6 is 0 Å². The zero-order valence-electron chi connectivity index (χ0n) is 10.1. The molecule has 0 aliphatic heterocycles. The maximum absolute atomic E-state index is 11.6. The smallest absolute Gasteiger partial charge is 0.242 e. The van der Waals surface area contributed by atoms with Crippen molar-refractivity contribution in [1.82, 2.24) is 20.1 Å². The monoisotopic (exact) mass is 245 g/mol. The summed E-state index contributed by atoms with van der Waals surface area (Å²) in [6, 6.07) is 5.70. The van der Waals surface area contributed by atoms with Crippen LogP contribution in [-0.4, -0.2) is 20.7 Å². The van der Waals surface area contributed by atoms with Gasteiger partial charge >= 0.3 is 0 Å². The molecule has 0 spiro atoms. The number of carbonyl (C=O) groups is 1. The summed E-state index contributed by atoms with van der Waals surface area (Å²) < 4.78 is 1.49. The molecule has 2 aromatic heterocycles. The van der Waals surface area contributed by atoms with Crippen LogP contribution in [0.1, 0.15) is 11.4 Å². The van der Waals surface area contributed by atoms with E-state index in [4.69, 9.17) is 5.73 Å². The lowest BCUT2D eigenvalue weighted by Gasteiger charge is -2.05. The van der Waals surface area contributed by atoms with E-state index in [9.17, 15) is 4.79 Å². The summed E-state index contributed by atoms with van der Waals surface area (Å²) in [4.78, 5) is 15.9. The number of amides is 1. The lowest BCUT2D eigenvalue weighted by atomic mass is 10.3. The third-order valence-corrected chi connectivity index (χ3v) is 2.37. The Labute approximate surface area is 105 Å². The number of aryl methyl sites for hydroxylation is 1. The number of nitrogens with two attached hydrogens (primary N) is 1. The van der Waals surface area contributed by atoms with E-state index >= 15 is 0 Å². The maximum atomic E-state index is 11.6. The summed E-state index contributed by atoms with van der Waals surface area (Å²) in [5, 5.41) is 6.72. The molecule has 0 unspecified atom stereocenters. The largest absolute Gasteiger partial charge is 0.396 e. The van der Waals surface area contributed by atoms with Crippen molar-refractivity contribution in [3.05, 3.63) is 42.0 Å². The number of aromatic nitrogens is 3. The average molecular weight is 245 g/mol. The fraction of sp³-hybridized carbons (Fsp3) is 0.250. The molecule has 2 rings (SSSR count). The highest BCUT2D eigenvalue weighted by atomic mass is 16.2. The normalized spacial score (nSPS) is 10.3. The van der Waals surface area contributed by atoms with E-state index < -0.39 is 0 Å². The molecule has 6 nitrogen and oxygen atoms in total. The van der Waals surface area contributed by atoms with Crippen molar-refractivity contribution in [3.63, 3.8) is 0 Å². The van der Waals surface area contributed by atoms with Gasteiger partial charge in [-0.1, -0.05) is 6.07 Å². The van der Waals surface area contributed by atoms with Gasteiger partial charge in [-0.2, -0.15) is 5.10 Å². The Balaban J connectivity index is 1.85. The van der Waals surface area contributed by atoms with E-state index in [0.29, 0.717) is 12.2 Å². The van der Waals surface area contributed by atoms with Crippen LogP contribution in [0, 0.1) is 6.92 Å². The first kappa shape index (κ1) is 12.1. The Morgan fingerprint density at radius 1 is 1.50 bits per heavy atom. The molecule has 0 aromatic carbocycles. The Hall–Kier alpha value is -2.37. The van der Waals surface area contributed by atoms with Crippen LogP contribution in [0.5, 0.6) is 0 Å². The summed E-state index contributed by atoms with van der Waals surface area (Å²) in [6.07, 6.45) is 3.12. The first-order chi connectivity index (χ1) is 8.63. The van der Waals surface area contributed by atoms with Gasteiger partial charge in [0.15, 0.2) is 0 Å². The van der Waals surface area contributed by atoms with Gasteiger partial charge in [-0.3, -0.25) is 14.5 Å². The van der Waals surface area contributed by atoms with Gasteiger partial charge in [0.05, 0.1) is 24.1 Å². The number of pyridine rings is 1. The Bertz CT molecular complexity index is 549. The van der Waals surface area contributed by atoms with E-state index in [1.807, 2.05) is 25.1 Å². The number of carbonyl (C=O) groups excluding carboxylic acids is 1.